The number of hydrogen-bond acceptors (Lipinski definition) is 3. The lowest BCUT2D eigenvalue weighted by Crippen LogP contribution is -2.32. The van der Waals surface area contributed by atoms with Crippen molar-refractivity contribution in [3.63, 3.8) is 0 Å². The van der Waals surface area contributed by atoms with E-state index in [0.717, 1.165) is 12.8 Å². The van der Waals surface area contributed by atoms with Crippen LogP contribution in [-0.2, 0) is 10.0 Å². The fourth-order valence-corrected chi connectivity index (χ4v) is 3.88. The van der Waals surface area contributed by atoms with Gasteiger partial charge in [0, 0.05) is 12.6 Å². The van der Waals surface area contributed by atoms with Gasteiger partial charge in [-0.3, -0.25) is 0 Å². The van der Waals surface area contributed by atoms with Crippen molar-refractivity contribution in [3.8, 4) is 6.07 Å². The smallest absolute Gasteiger partial charge is 0.207 e. The minimum Gasteiger partial charge on any atom is -0.207 e. The Hall–Kier alpha value is -1.09. The molecule has 0 unspecified atom stereocenters. The molecule has 0 spiro atoms. The van der Waals surface area contributed by atoms with Crippen LogP contribution < -0.4 is 0 Å². The summed E-state index contributed by atoms with van der Waals surface area (Å²) in [4.78, 5) is 0.153. The summed E-state index contributed by atoms with van der Waals surface area (Å²) in [5, 5.41) is 8.94. The minimum atomic E-state index is -3.50. The maximum absolute atomic E-state index is 12.4. The van der Waals surface area contributed by atoms with Gasteiger partial charge in [-0.25, -0.2) is 8.42 Å². The molecule has 2 rings (SSSR count). The molecule has 1 aliphatic carbocycles. The zero-order chi connectivity index (χ0) is 13.3. The molecule has 6 heteroatoms. The Morgan fingerprint density at radius 3 is 2.61 bits per heavy atom. The Morgan fingerprint density at radius 1 is 1.50 bits per heavy atom. The molecule has 0 aromatic heterocycles. The quantitative estimate of drug-likeness (QED) is 0.853. The van der Waals surface area contributed by atoms with Gasteiger partial charge >= 0.3 is 0 Å². The number of nitriles is 1. The molecule has 0 aliphatic heterocycles. The van der Waals surface area contributed by atoms with E-state index in [4.69, 9.17) is 16.9 Å². The van der Waals surface area contributed by atoms with E-state index in [-0.39, 0.29) is 21.5 Å². The lowest BCUT2D eigenvalue weighted by Gasteiger charge is -2.20. The Morgan fingerprint density at radius 2 is 2.17 bits per heavy atom. The Kier molecular flexibility index (Phi) is 3.62. The highest BCUT2D eigenvalue weighted by atomic mass is 35.5. The van der Waals surface area contributed by atoms with E-state index in [1.54, 1.807) is 0 Å². The van der Waals surface area contributed by atoms with Crippen molar-refractivity contribution in [3.05, 3.63) is 28.8 Å². The molecule has 0 N–H and O–H groups in total. The van der Waals surface area contributed by atoms with Crippen molar-refractivity contribution in [2.75, 3.05) is 6.54 Å². The molecule has 18 heavy (non-hydrogen) atoms. The Balaban J connectivity index is 2.41. The van der Waals surface area contributed by atoms with Gasteiger partial charge in [-0.2, -0.15) is 9.57 Å². The van der Waals surface area contributed by atoms with Crippen LogP contribution in [0.25, 0.3) is 0 Å². The van der Waals surface area contributed by atoms with Crippen LogP contribution in [0.1, 0.15) is 25.3 Å². The molecule has 1 aliphatic rings. The molecule has 0 saturated heterocycles. The summed E-state index contributed by atoms with van der Waals surface area (Å²) in [5.74, 6) is 0. The molecular formula is C12H13ClN2O2S. The predicted molar refractivity (Wildman–Crippen MR) is 68.8 cm³/mol. The van der Waals surface area contributed by atoms with E-state index in [2.05, 4.69) is 0 Å². The third-order valence-electron chi connectivity index (χ3n) is 2.93. The van der Waals surface area contributed by atoms with Gasteiger partial charge in [-0.1, -0.05) is 18.5 Å². The summed E-state index contributed by atoms with van der Waals surface area (Å²) in [6.45, 7) is 2.27. The predicted octanol–water partition coefficient (Wildman–Crippen LogP) is 2.38. The summed E-state index contributed by atoms with van der Waals surface area (Å²) in [7, 11) is -3.50. The van der Waals surface area contributed by atoms with E-state index in [0.29, 0.717) is 6.54 Å². The van der Waals surface area contributed by atoms with Crippen LogP contribution in [0.15, 0.2) is 23.1 Å². The molecule has 4 nitrogen and oxygen atoms in total. The number of hydrogen-bond donors (Lipinski definition) is 0. The summed E-state index contributed by atoms with van der Waals surface area (Å²) >= 11 is 5.87. The normalized spacial score (nSPS) is 15.7. The van der Waals surface area contributed by atoms with Crippen molar-refractivity contribution < 1.29 is 8.42 Å². The van der Waals surface area contributed by atoms with Crippen molar-refractivity contribution in [2.45, 2.75) is 30.7 Å². The van der Waals surface area contributed by atoms with Crippen molar-refractivity contribution in [1.29, 1.82) is 5.26 Å². The number of nitrogens with zero attached hydrogens (tertiary/aromatic N) is 2. The second-order valence-corrected chi connectivity index (χ2v) is 6.49. The zero-order valence-corrected chi connectivity index (χ0v) is 11.5. The number of halogens is 1. The minimum absolute atomic E-state index is 0.120. The summed E-state index contributed by atoms with van der Waals surface area (Å²) in [6.07, 6.45) is 1.83. The summed E-state index contributed by atoms with van der Waals surface area (Å²) in [6, 6.07) is 6.26. The average molecular weight is 285 g/mol. The van der Waals surface area contributed by atoms with Crippen molar-refractivity contribution >= 4 is 21.6 Å². The van der Waals surface area contributed by atoms with Crippen LogP contribution in [0, 0.1) is 11.3 Å². The highest BCUT2D eigenvalue weighted by Gasteiger charge is 2.36. The molecule has 1 aromatic rings. The summed E-state index contributed by atoms with van der Waals surface area (Å²) in [5.41, 5.74) is 0.282. The second kappa shape index (κ2) is 4.88. The first-order chi connectivity index (χ1) is 8.50. The van der Waals surface area contributed by atoms with Gasteiger partial charge in [0.05, 0.1) is 15.5 Å². The second-order valence-electron chi connectivity index (χ2n) is 4.19. The van der Waals surface area contributed by atoms with E-state index in [9.17, 15) is 8.42 Å². The standard InChI is InChI=1S/C12H13ClN2O2S/c1-2-15(10-4-5-10)18(16,17)11-6-3-9(8-14)12(13)7-11/h3,6-7,10H,2,4-5H2,1H3. The molecule has 0 atom stereocenters. The van der Waals surface area contributed by atoms with Crippen LogP contribution in [0.3, 0.4) is 0 Å². The fraction of sp³-hybridized carbons (Fsp3) is 0.417. The van der Waals surface area contributed by atoms with Gasteiger partial charge in [-0.05, 0) is 31.0 Å². The molecular weight excluding hydrogens is 272 g/mol. The van der Waals surface area contributed by atoms with Gasteiger partial charge in [0.25, 0.3) is 0 Å². The lowest BCUT2D eigenvalue weighted by atomic mass is 10.2. The first kappa shape index (κ1) is 13.3. The van der Waals surface area contributed by atoms with Crippen LogP contribution in [-0.4, -0.2) is 25.3 Å². The maximum atomic E-state index is 12.4. The molecule has 96 valence electrons. The summed E-state index contributed by atoms with van der Waals surface area (Å²) < 4.78 is 26.3. The van der Waals surface area contributed by atoms with Gasteiger partial charge in [0.1, 0.15) is 6.07 Å². The Bertz CT molecular complexity index is 603. The molecule has 1 aromatic carbocycles. The van der Waals surface area contributed by atoms with Crippen LogP contribution >= 0.6 is 11.6 Å². The van der Waals surface area contributed by atoms with E-state index in [1.807, 2.05) is 13.0 Å². The largest absolute Gasteiger partial charge is 0.243 e. The average Bonchev–Trinajstić information content (AvgIpc) is 3.14. The van der Waals surface area contributed by atoms with Crippen molar-refractivity contribution in [1.82, 2.24) is 4.31 Å². The molecule has 0 radical (unpaired) electrons. The zero-order valence-electron chi connectivity index (χ0n) is 9.93. The first-order valence-corrected chi connectivity index (χ1v) is 7.54. The number of benzene rings is 1. The lowest BCUT2D eigenvalue weighted by molar-refractivity contribution is 0.421. The van der Waals surface area contributed by atoms with Gasteiger partial charge in [0.2, 0.25) is 10.0 Å². The first-order valence-electron chi connectivity index (χ1n) is 5.72. The monoisotopic (exact) mass is 284 g/mol. The molecule has 0 amide bonds. The highest BCUT2D eigenvalue weighted by Crippen LogP contribution is 2.32. The molecule has 0 bridgehead atoms. The third-order valence-corrected chi connectivity index (χ3v) is 5.27. The van der Waals surface area contributed by atoms with Gasteiger partial charge < -0.3 is 0 Å². The van der Waals surface area contributed by atoms with Crippen LogP contribution in [0.2, 0.25) is 5.02 Å². The van der Waals surface area contributed by atoms with Gasteiger partial charge in [0.15, 0.2) is 0 Å². The molecule has 0 heterocycles. The fourth-order valence-electron chi connectivity index (χ4n) is 1.87. The van der Waals surface area contributed by atoms with Gasteiger partial charge in [-0.15, -0.1) is 0 Å². The third kappa shape index (κ3) is 2.37. The number of sulfonamides is 1. The van der Waals surface area contributed by atoms with E-state index >= 15 is 0 Å². The SMILES string of the molecule is CCN(C1CC1)S(=O)(=O)c1ccc(C#N)c(Cl)c1. The van der Waals surface area contributed by atoms with E-state index in [1.165, 1.54) is 22.5 Å². The Labute approximate surface area is 112 Å². The maximum Gasteiger partial charge on any atom is 0.243 e. The number of rotatable bonds is 4. The van der Waals surface area contributed by atoms with Crippen molar-refractivity contribution in [2.24, 2.45) is 0 Å². The molecule has 1 fully saturated rings. The van der Waals surface area contributed by atoms with E-state index < -0.39 is 10.0 Å². The highest BCUT2D eigenvalue weighted by molar-refractivity contribution is 7.89. The topological polar surface area (TPSA) is 61.2 Å². The van der Waals surface area contributed by atoms with Crippen LogP contribution in [0.4, 0.5) is 0 Å². The van der Waals surface area contributed by atoms with Crippen LogP contribution in [0.5, 0.6) is 0 Å². The molecule has 1 saturated carbocycles.